The van der Waals surface area contributed by atoms with E-state index in [9.17, 15) is 14.4 Å². The van der Waals surface area contributed by atoms with Gasteiger partial charge in [0.25, 0.3) is 5.91 Å². The van der Waals surface area contributed by atoms with Gasteiger partial charge in [-0.2, -0.15) is 5.10 Å². The lowest BCUT2D eigenvalue weighted by atomic mass is 10.0. The number of benzene rings is 4. The molecule has 5 aromatic rings. The van der Waals surface area contributed by atoms with Crippen molar-refractivity contribution in [3.05, 3.63) is 106 Å². The summed E-state index contributed by atoms with van der Waals surface area (Å²) in [6.45, 7) is 1.26. The average Bonchev–Trinajstić information content (AvgIpc) is 3.41. The quantitative estimate of drug-likeness (QED) is 0.0800. The van der Waals surface area contributed by atoms with E-state index in [1.807, 2.05) is 48.5 Å². The number of carbonyl (C=O) groups is 3. The summed E-state index contributed by atoms with van der Waals surface area (Å²) in [5, 5.41) is 4.98. The number of hydrogen-bond acceptors (Lipinski definition) is 8. The van der Waals surface area contributed by atoms with E-state index in [4.69, 9.17) is 18.9 Å². The van der Waals surface area contributed by atoms with Crippen LogP contribution in [-0.2, 0) is 4.79 Å². The number of aromatic amines is 1. The number of aromatic nitrogens is 1. The van der Waals surface area contributed by atoms with E-state index in [-0.39, 0.29) is 22.8 Å². The third-order valence-corrected chi connectivity index (χ3v) is 6.99. The molecule has 0 unspecified atom stereocenters. The molecule has 0 aliphatic rings. The first-order chi connectivity index (χ1) is 21.3. The molecule has 0 spiro atoms. The number of fused-ring (bicyclic) bond motifs is 1. The molecule has 1 heterocycles. The number of hydrogen-bond donors (Lipinski definition) is 2. The number of esters is 2. The van der Waals surface area contributed by atoms with E-state index in [2.05, 4.69) is 31.4 Å². The molecule has 10 nitrogen and oxygen atoms in total. The number of rotatable bonds is 9. The van der Waals surface area contributed by atoms with Crippen molar-refractivity contribution in [2.75, 3.05) is 14.2 Å². The summed E-state index contributed by atoms with van der Waals surface area (Å²) in [6, 6.07) is 24.4. The molecule has 222 valence electrons. The van der Waals surface area contributed by atoms with Gasteiger partial charge in [-0.15, -0.1) is 0 Å². The van der Waals surface area contributed by atoms with E-state index in [1.54, 1.807) is 25.3 Å². The highest BCUT2D eigenvalue weighted by Crippen LogP contribution is 2.35. The van der Waals surface area contributed by atoms with Crippen molar-refractivity contribution in [1.82, 2.24) is 10.4 Å². The molecule has 0 radical (unpaired) electrons. The van der Waals surface area contributed by atoms with Crippen LogP contribution in [0.25, 0.3) is 22.0 Å². The number of amides is 1. The van der Waals surface area contributed by atoms with Crippen LogP contribution < -0.4 is 24.4 Å². The van der Waals surface area contributed by atoms with Crippen LogP contribution in [0.2, 0.25) is 0 Å². The molecule has 0 aliphatic carbocycles. The molecular weight excluding hydrogens is 630 g/mol. The van der Waals surface area contributed by atoms with Crippen LogP contribution in [0.4, 0.5) is 0 Å². The van der Waals surface area contributed by atoms with Crippen molar-refractivity contribution < 1.29 is 33.3 Å². The number of nitrogens with one attached hydrogen (secondary N) is 2. The first kappa shape index (κ1) is 30.1. The summed E-state index contributed by atoms with van der Waals surface area (Å²) in [5.74, 6) is -0.446. The van der Waals surface area contributed by atoms with Gasteiger partial charge < -0.3 is 23.9 Å². The highest BCUT2D eigenvalue weighted by atomic mass is 79.9. The van der Waals surface area contributed by atoms with Gasteiger partial charge in [0.15, 0.2) is 11.5 Å². The van der Waals surface area contributed by atoms with Crippen molar-refractivity contribution in [1.29, 1.82) is 0 Å². The zero-order chi connectivity index (χ0) is 31.2. The minimum absolute atomic E-state index is 0.167. The normalized spacial score (nSPS) is 10.9. The van der Waals surface area contributed by atoms with Crippen molar-refractivity contribution >= 4 is 50.9 Å². The number of hydrazone groups is 1. The predicted molar refractivity (Wildman–Crippen MR) is 169 cm³/mol. The summed E-state index contributed by atoms with van der Waals surface area (Å²) in [7, 11) is 2.98. The first-order valence-corrected chi connectivity index (χ1v) is 14.0. The maximum absolute atomic E-state index is 13.4. The van der Waals surface area contributed by atoms with E-state index >= 15 is 0 Å². The highest BCUT2D eigenvalue weighted by molar-refractivity contribution is 9.10. The Bertz CT molecular complexity index is 1900. The maximum atomic E-state index is 13.4. The van der Waals surface area contributed by atoms with Crippen LogP contribution in [0.3, 0.4) is 0 Å². The van der Waals surface area contributed by atoms with Gasteiger partial charge in [0.2, 0.25) is 0 Å². The van der Waals surface area contributed by atoms with Crippen LogP contribution in [0, 0.1) is 0 Å². The molecule has 2 N–H and O–H groups in total. The van der Waals surface area contributed by atoms with Crippen LogP contribution in [0.1, 0.15) is 33.3 Å². The number of halogens is 1. The molecule has 44 heavy (non-hydrogen) atoms. The maximum Gasteiger partial charge on any atom is 0.343 e. The van der Waals surface area contributed by atoms with E-state index < -0.39 is 17.8 Å². The minimum Gasteiger partial charge on any atom is -0.497 e. The Hall–Kier alpha value is -5.42. The highest BCUT2D eigenvalue weighted by Gasteiger charge is 2.20. The Morgan fingerprint density at radius 1 is 0.841 bits per heavy atom. The van der Waals surface area contributed by atoms with Gasteiger partial charge in [0.05, 0.1) is 26.0 Å². The topological polar surface area (TPSA) is 128 Å². The third-order valence-electron chi connectivity index (χ3n) is 6.49. The van der Waals surface area contributed by atoms with Crippen LogP contribution >= 0.6 is 15.9 Å². The van der Waals surface area contributed by atoms with Crippen molar-refractivity contribution in [2.45, 2.75) is 6.92 Å². The van der Waals surface area contributed by atoms with Crippen molar-refractivity contribution in [3.63, 3.8) is 0 Å². The fourth-order valence-electron chi connectivity index (χ4n) is 4.49. The summed E-state index contributed by atoms with van der Waals surface area (Å²) in [4.78, 5) is 40.9. The number of ether oxygens (including phenoxy) is 4. The van der Waals surface area contributed by atoms with E-state index in [0.717, 1.165) is 16.5 Å². The number of nitrogens with zero attached hydrogens (tertiary/aromatic N) is 1. The Morgan fingerprint density at radius 3 is 2.34 bits per heavy atom. The molecule has 11 heteroatoms. The standard InChI is InChI=1S/C33H26BrN3O7/c1-19(38)43-28-13-9-21(16-29(28)42-3)33(40)44-27-14-10-23(34)15-22(27)18-35-37-32(39)31-30(20-7-5-4-6-8-20)25-17-24(41-2)11-12-26(25)36-31/h4-18,36H,1-3H3,(H,37,39). The minimum atomic E-state index is -0.681. The summed E-state index contributed by atoms with van der Waals surface area (Å²) >= 11 is 3.42. The molecule has 4 aromatic carbocycles. The molecule has 5 rings (SSSR count). The Balaban J connectivity index is 1.39. The monoisotopic (exact) mass is 655 g/mol. The smallest absolute Gasteiger partial charge is 0.343 e. The Morgan fingerprint density at radius 2 is 1.61 bits per heavy atom. The average molecular weight is 656 g/mol. The molecule has 1 amide bonds. The number of H-pyrrole nitrogens is 1. The fraction of sp³-hybridized carbons (Fsp3) is 0.0909. The van der Waals surface area contributed by atoms with Gasteiger partial charge >= 0.3 is 11.9 Å². The SMILES string of the molecule is COc1ccc2[nH]c(C(=O)NN=Cc3cc(Br)ccc3OC(=O)c3ccc(OC(C)=O)c(OC)c3)c(-c3ccccc3)c2c1. The largest absolute Gasteiger partial charge is 0.497 e. The predicted octanol–water partition coefficient (Wildman–Crippen LogP) is 6.52. The summed E-state index contributed by atoms with van der Waals surface area (Å²) in [5.41, 5.74) is 5.79. The van der Waals surface area contributed by atoms with Crippen LogP contribution in [0.5, 0.6) is 23.0 Å². The fourth-order valence-corrected chi connectivity index (χ4v) is 4.87. The van der Waals surface area contributed by atoms with Gasteiger partial charge in [-0.1, -0.05) is 46.3 Å². The van der Waals surface area contributed by atoms with Gasteiger partial charge in [0.1, 0.15) is 17.2 Å². The van der Waals surface area contributed by atoms with Gasteiger partial charge in [-0.3, -0.25) is 9.59 Å². The van der Waals surface area contributed by atoms with Crippen LogP contribution in [0.15, 0.2) is 94.5 Å². The van der Waals surface area contributed by atoms with Crippen molar-refractivity contribution in [2.24, 2.45) is 5.10 Å². The second-order valence-electron chi connectivity index (χ2n) is 9.38. The molecule has 0 aliphatic heterocycles. The third kappa shape index (κ3) is 6.63. The Kier molecular flexibility index (Phi) is 9.06. The lowest BCUT2D eigenvalue weighted by molar-refractivity contribution is -0.132. The second-order valence-corrected chi connectivity index (χ2v) is 10.3. The lowest BCUT2D eigenvalue weighted by Gasteiger charge is -2.11. The first-order valence-electron chi connectivity index (χ1n) is 13.2. The van der Waals surface area contributed by atoms with E-state index in [1.165, 1.54) is 38.4 Å². The molecule has 1 aromatic heterocycles. The number of methoxy groups -OCH3 is 2. The lowest BCUT2D eigenvalue weighted by Crippen LogP contribution is -2.19. The van der Waals surface area contributed by atoms with E-state index in [0.29, 0.717) is 27.0 Å². The molecule has 0 fully saturated rings. The molecule has 0 bridgehead atoms. The van der Waals surface area contributed by atoms with Crippen molar-refractivity contribution in [3.8, 4) is 34.1 Å². The van der Waals surface area contributed by atoms with Crippen LogP contribution in [-0.4, -0.2) is 43.3 Å². The molecule has 0 atom stereocenters. The zero-order valence-electron chi connectivity index (χ0n) is 23.8. The number of carbonyl (C=O) groups excluding carboxylic acids is 3. The van der Waals surface area contributed by atoms with Gasteiger partial charge in [-0.05, 0) is 60.2 Å². The summed E-state index contributed by atoms with van der Waals surface area (Å²) in [6.07, 6.45) is 1.38. The second kappa shape index (κ2) is 13.3. The molecular formula is C33H26BrN3O7. The molecule has 0 saturated carbocycles. The van der Waals surface area contributed by atoms with Gasteiger partial charge in [-0.25, -0.2) is 10.2 Å². The molecule has 0 saturated heterocycles. The van der Waals surface area contributed by atoms with Gasteiger partial charge in [0, 0.05) is 33.4 Å². The zero-order valence-corrected chi connectivity index (χ0v) is 25.4. The summed E-state index contributed by atoms with van der Waals surface area (Å²) < 4.78 is 22.1. The Labute approximate surface area is 260 Å².